The summed E-state index contributed by atoms with van der Waals surface area (Å²) in [7, 11) is 1.94. The number of carbonyl (C=O) groups excluding carboxylic acids is 1. The lowest BCUT2D eigenvalue weighted by Gasteiger charge is -2.46. The Morgan fingerprint density at radius 1 is 1.14 bits per heavy atom. The van der Waals surface area contributed by atoms with E-state index in [1.54, 1.807) is 0 Å². The fourth-order valence-corrected chi connectivity index (χ4v) is 4.04. The van der Waals surface area contributed by atoms with Crippen molar-refractivity contribution in [3.63, 3.8) is 0 Å². The molecule has 0 N–H and O–H groups in total. The largest absolute Gasteiger partial charge is 0.345 e. The third-order valence-electron chi connectivity index (χ3n) is 5.17. The molecule has 1 aromatic carbocycles. The highest BCUT2D eigenvalue weighted by molar-refractivity contribution is 6.42. The monoisotopic (exact) mass is 340 g/mol. The lowest BCUT2D eigenvalue weighted by atomic mass is 9.72. The average molecular weight is 341 g/mol. The molecule has 0 aliphatic carbocycles. The first-order chi connectivity index (χ1) is 10.5. The van der Waals surface area contributed by atoms with Gasteiger partial charge in [-0.15, -0.1) is 0 Å². The minimum atomic E-state index is 0.295. The molecule has 22 heavy (non-hydrogen) atoms. The molecular formula is C17H22Cl2N2O. The molecule has 3 rings (SSSR count). The summed E-state index contributed by atoms with van der Waals surface area (Å²) in [6.45, 7) is 4.01. The highest BCUT2D eigenvalue weighted by Gasteiger charge is 2.39. The summed E-state index contributed by atoms with van der Waals surface area (Å²) in [6, 6.07) is 5.87. The highest BCUT2D eigenvalue weighted by atomic mass is 35.5. The van der Waals surface area contributed by atoms with Crippen molar-refractivity contribution in [3.8, 4) is 0 Å². The van der Waals surface area contributed by atoms with E-state index in [-0.39, 0.29) is 0 Å². The topological polar surface area (TPSA) is 23.6 Å². The zero-order valence-electron chi connectivity index (χ0n) is 12.9. The molecule has 3 nitrogen and oxygen atoms in total. The molecule has 0 atom stereocenters. The van der Waals surface area contributed by atoms with Gasteiger partial charge in [0, 0.05) is 26.6 Å². The van der Waals surface area contributed by atoms with Crippen molar-refractivity contribution in [2.24, 2.45) is 5.41 Å². The molecule has 1 aromatic rings. The molecule has 1 amide bonds. The summed E-state index contributed by atoms with van der Waals surface area (Å²) >= 11 is 12.1. The molecule has 1 spiro atoms. The smallest absolute Gasteiger partial charge is 0.222 e. The number of hydrogen-bond acceptors (Lipinski definition) is 2. The van der Waals surface area contributed by atoms with Crippen LogP contribution >= 0.6 is 23.2 Å². The number of likely N-dealkylation sites (tertiary alicyclic amines) is 2. The third-order valence-corrected chi connectivity index (χ3v) is 5.91. The zero-order valence-corrected chi connectivity index (χ0v) is 14.5. The van der Waals surface area contributed by atoms with Gasteiger partial charge in [-0.2, -0.15) is 0 Å². The van der Waals surface area contributed by atoms with E-state index in [4.69, 9.17) is 23.2 Å². The Labute approximate surface area is 142 Å². The van der Waals surface area contributed by atoms with Crippen LogP contribution in [0.4, 0.5) is 0 Å². The van der Waals surface area contributed by atoms with Gasteiger partial charge in [-0.05, 0) is 55.5 Å². The van der Waals surface area contributed by atoms with Gasteiger partial charge in [0.2, 0.25) is 5.91 Å². The van der Waals surface area contributed by atoms with Gasteiger partial charge >= 0.3 is 0 Å². The SMILES string of the molecule is CN1CC2(CCC1=O)CCN(Cc1ccc(Cl)c(Cl)c1)CC2. The van der Waals surface area contributed by atoms with E-state index in [9.17, 15) is 4.79 Å². The summed E-state index contributed by atoms with van der Waals surface area (Å²) in [6.07, 6.45) is 4.11. The Morgan fingerprint density at radius 2 is 1.86 bits per heavy atom. The number of piperidine rings is 2. The van der Waals surface area contributed by atoms with Gasteiger partial charge in [0.05, 0.1) is 10.0 Å². The fourth-order valence-electron chi connectivity index (χ4n) is 3.72. The summed E-state index contributed by atoms with van der Waals surface area (Å²) in [5.74, 6) is 0.295. The zero-order chi connectivity index (χ0) is 15.7. The number of carbonyl (C=O) groups is 1. The van der Waals surface area contributed by atoms with Crippen molar-refractivity contribution >= 4 is 29.1 Å². The maximum Gasteiger partial charge on any atom is 0.222 e. The van der Waals surface area contributed by atoms with Crippen molar-refractivity contribution in [3.05, 3.63) is 33.8 Å². The summed E-state index contributed by atoms with van der Waals surface area (Å²) in [4.78, 5) is 16.1. The molecule has 0 radical (unpaired) electrons. The highest BCUT2D eigenvalue weighted by Crippen LogP contribution is 2.40. The Balaban J connectivity index is 1.57. The second-order valence-corrected chi connectivity index (χ2v) is 7.59. The normalized spacial score (nSPS) is 22.3. The van der Waals surface area contributed by atoms with E-state index in [0.717, 1.165) is 32.6 Å². The second-order valence-electron chi connectivity index (χ2n) is 6.77. The predicted molar refractivity (Wildman–Crippen MR) is 90.3 cm³/mol. The van der Waals surface area contributed by atoms with Gasteiger partial charge in [-0.1, -0.05) is 29.3 Å². The summed E-state index contributed by atoms with van der Waals surface area (Å²) in [5.41, 5.74) is 1.55. The van der Waals surface area contributed by atoms with E-state index in [0.29, 0.717) is 27.8 Å². The van der Waals surface area contributed by atoms with Crippen molar-refractivity contribution in [2.75, 3.05) is 26.7 Å². The van der Waals surface area contributed by atoms with E-state index >= 15 is 0 Å². The van der Waals surface area contributed by atoms with Crippen LogP contribution in [0.2, 0.25) is 10.0 Å². The first kappa shape index (κ1) is 16.1. The van der Waals surface area contributed by atoms with Crippen LogP contribution in [0.15, 0.2) is 18.2 Å². The van der Waals surface area contributed by atoms with Gasteiger partial charge in [0.25, 0.3) is 0 Å². The molecule has 2 fully saturated rings. The molecule has 0 bridgehead atoms. The maximum absolute atomic E-state index is 11.7. The lowest BCUT2D eigenvalue weighted by molar-refractivity contribution is -0.137. The summed E-state index contributed by atoms with van der Waals surface area (Å²) < 4.78 is 0. The minimum absolute atomic E-state index is 0.295. The number of hydrogen-bond donors (Lipinski definition) is 0. The van der Waals surface area contributed by atoms with Crippen LogP contribution in [-0.4, -0.2) is 42.4 Å². The van der Waals surface area contributed by atoms with E-state index < -0.39 is 0 Å². The Bertz CT molecular complexity index is 568. The molecule has 2 heterocycles. The molecule has 5 heteroatoms. The van der Waals surface area contributed by atoms with Crippen LogP contribution in [0.25, 0.3) is 0 Å². The van der Waals surface area contributed by atoms with Crippen molar-refractivity contribution in [1.82, 2.24) is 9.80 Å². The van der Waals surface area contributed by atoms with Crippen LogP contribution < -0.4 is 0 Å². The van der Waals surface area contributed by atoms with Crippen LogP contribution in [-0.2, 0) is 11.3 Å². The van der Waals surface area contributed by atoms with E-state index in [1.807, 2.05) is 30.1 Å². The standard InChI is InChI=1S/C17H22Cl2N2O/c1-20-12-17(5-4-16(20)22)6-8-21(9-7-17)11-13-2-3-14(18)15(19)10-13/h2-3,10H,4-9,11-12H2,1H3. The van der Waals surface area contributed by atoms with Gasteiger partial charge in [-0.25, -0.2) is 0 Å². The van der Waals surface area contributed by atoms with Gasteiger partial charge in [-0.3, -0.25) is 9.69 Å². The number of benzene rings is 1. The molecule has 2 aliphatic heterocycles. The van der Waals surface area contributed by atoms with Gasteiger partial charge in [0.15, 0.2) is 0 Å². The third kappa shape index (κ3) is 3.42. The predicted octanol–water partition coefficient (Wildman–Crippen LogP) is 3.83. The minimum Gasteiger partial charge on any atom is -0.345 e. The molecule has 120 valence electrons. The Hall–Kier alpha value is -0.770. The first-order valence-corrected chi connectivity index (χ1v) is 8.63. The summed E-state index contributed by atoms with van der Waals surface area (Å²) in [5, 5.41) is 1.23. The second kappa shape index (κ2) is 6.38. The quantitative estimate of drug-likeness (QED) is 0.816. The van der Waals surface area contributed by atoms with Crippen molar-refractivity contribution in [2.45, 2.75) is 32.2 Å². The van der Waals surface area contributed by atoms with E-state index in [1.165, 1.54) is 18.4 Å². The number of rotatable bonds is 2. The molecule has 2 aliphatic rings. The Kier molecular flexibility index (Phi) is 4.67. The molecule has 0 unspecified atom stereocenters. The van der Waals surface area contributed by atoms with Crippen molar-refractivity contribution < 1.29 is 4.79 Å². The number of amides is 1. The van der Waals surface area contributed by atoms with Crippen LogP contribution in [0.5, 0.6) is 0 Å². The fraction of sp³-hybridized carbons (Fsp3) is 0.588. The number of nitrogens with zero attached hydrogens (tertiary/aromatic N) is 2. The maximum atomic E-state index is 11.7. The lowest BCUT2D eigenvalue weighted by Crippen LogP contribution is -2.50. The van der Waals surface area contributed by atoms with Crippen LogP contribution in [0.3, 0.4) is 0 Å². The van der Waals surface area contributed by atoms with Crippen molar-refractivity contribution in [1.29, 1.82) is 0 Å². The molecule has 0 saturated carbocycles. The average Bonchev–Trinajstić information content (AvgIpc) is 2.50. The van der Waals surface area contributed by atoms with Gasteiger partial charge < -0.3 is 4.90 Å². The first-order valence-electron chi connectivity index (χ1n) is 7.88. The Morgan fingerprint density at radius 3 is 2.50 bits per heavy atom. The number of halogens is 2. The van der Waals surface area contributed by atoms with Crippen LogP contribution in [0.1, 0.15) is 31.2 Å². The van der Waals surface area contributed by atoms with E-state index in [2.05, 4.69) is 4.90 Å². The molecule has 0 aromatic heterocycles. The van der Waals surface area contributed by atoms with Gasteiger partial charge in [0.1, 0.15) is 0 Å². The van der Waals surface area contributed by atoms with Crippen LogP contribution in [0, 0.1) is 5.41 Å². The molecular weight excluding hydrogens is 319 g/mol. The molecule has 2 saturated heterocycles.